The molecule has 1 N–H and O–H groups in total. The van der Waals surface area contributed by atoms with Crippen molar-refractivity contribution in [3.8, 4) is 0 Å². The highest BCUT2D eigenvalue weighted by molar-refractivity contribution is 9.10. The Morgan fingerprint density at radius 3 is 2.54 bits per heavy atom. The number of halogens is 1. The van der Waals surface area contributed by atoms with Gasteiger partial charge in [-0.2, -0.15) is 0 Å². The smallest absolute Gasteiger partial charge is 0.321 e. The molecule has 1 fully saturated rings. The monoisotopic (exact) mass is 388 g/mol. The van der Waals surface area contributed by atoms with Crippen molar-refractivity contribution in [3.05, 3.63) is 58.3 Å². The molecule has 1 aliphatic heterocycles. The Morgan fingerprint density at radius 1 is 1.17 bits per heavy atom. The molecule has 1 aromatic heterocycles. The Morgan fingerprint density at radius 2 is 1.88 bits per heavy atom. The van der Waals surface area contributed by atoms with Crippen LogP contribution in [0, 0.1) is 6.92 Å². The third-order valence-corrected chi connectivity index (χ3v) is 4.84. The number of carbonyl (C=O) groups is 1. The lowest BCUT2D eigenvalue weighted by atomic mass is 10.2. The molecular formula is C18H21BrN4O. The van der Waals surface area contributed by atoms with Crippen LogP contribution in [0.1, 0.15) is 11.1 Å². The highest BCUT2D eigenvalue weighted by atomic mass is 79.9. The summed E-state index contributed by atoms with van der Waals surface area (Å²) in [6.45, 7) is 6.16. The molecule has 1 aromatic carbocycles. The highest BCUT2D eigenvalue weighted by Gasteiger charge is 2.21. The zero-order chi connectivity index (χ0) is 16.9. The molecule has 1 saturated heterocycles. The first kappa shape index (κ1) is 16.9. The number of hydrogen-bond donors (Lipinski definition) is 1. The van der Waals surface area contributed by atoms with Gasteiger partial charge in [0.25, 0.3) is 0 Å². The summed E-state index contributed by atoms with van der Waals surface area (Å²) in [6, 6.07) is 9.96. The van der Waals surface area contributed by atoms with Gasteiger partial charge in [0, 0.05) is 49.6 Å². The molecule has 1 aliphatic rings. The third kappa shape index (κ3) is 4.33. The number of aryl methyl sites for hydroxylation is 1. The predicted molar refractivity (Wildman–Crippen MR) is 99.0 cm³/mol. The van der Waals surface area contributed by atoms with E-state index >= 15 is 0 Å². The number of benzene rings is 1. The largest absolute Gasteiger partial charge is 0.322 e. The Bertz CT molecular complexity index is 699. The van der Waals surface area contributed by atoms with Crippen molar-refractivity contribution in [1.82, 2.24) is 14.8 Å². The van der Waals surface area contributed by atoms with Gasteiger partial charge in [-0.05, 0) is 58.2 Å². The number of piperazine rings is 1. The first-order valence-electron chi connectivity index (χ1n) is 8.05. The molecule has 5 nitrogen and oxygen atoms in total. The molecule has 6 heteroatoms. The molecular weight excluding hydrogens is 368 g/mol. The van der Waals surface area contributed by atoms with E-state index in [-0.39, 0.29) is 6.03 Å². The van der Waals surface area contributed by atoms with Crippen molar-refractivity contribution in [1.29, 1.82) is 0 Å². The zero-order valence-electron chi connectivity index (χ0n) is 13.7. The van der Waals surface area contributed by atoms with Crippen LogP contribution in [0.5, 0.6) is 0 Å². The summed E-state index contributed by atoms with van der Waals surface area (Å²) < 4.78 is 0.909. The standard InChI is InChI=1S/C18H21BrN4O/c1-14-2-3-17(16(19)12-14)21-18(24)23-10-8-22(9-11-23)13-15-4-6-20-7-5-15/h2-7,12H,8-11,13H2,1H3,(H,21,24). The number of anilines is 1. The second-order valence-corrected chi connectivity index (χ2v) is 6.89. The predicted octanol–water partition coefficient (Wildman–Crippen LogP) is 3.50. The Labute approximate surface area is 150 Å². The van der Waals surface area contributed by atoms with Gasteiger partial charge in [-0.1, -0.05) is 6.07 Å². The van der Waals surface area contributed by atoms with Crippen LogP contribution in [0.4, 0.5) is 10.5 Å². The van der Waals surface area contributed by atoms with E-state index in [9.17, 15) is 4.79 Å². The van der Waals surface area contributed by atoms with Gasteiger partial charge in [-0.25, -0.2) is 4.79 Å². The molecule has 0 unspecified atom stereocenters. The van der Waals surface area contributed by atoms with Crippen molar-refractivity contribution in [2.45, 2.75) is 13.5 Å². The van der Waals surface area contributed by atoms with E-state index in [1.807, 2.05) is 54.5 Å². The van der Waals surface area contributed by atoms with Gasteiger partial charge >= 0.3 is 6.03 Å². The molecule has 0 saturated carbocycles. The van der Waals surface area contributed by atoms with Crippen LogP contribution < -0.4 is 5.32 Å². The lowest BCUT2D eigenvalue weighted by Crippen LogP contribution is -2.49. The minimum absolute atomic E-state index is 0.0388. The van der Waals surface area contributed by atoms with E-state index in [0.717, 1.165) is 48.4 Å². The maximum atomic E-state index is 12.4. The molecule has 0 aliphatic carbocycles. The Kier molecular flexibility index (Phi) is 5.48. The number of rotatable bonds is 3. The fourth-order valence-corrected chi connectivity index (χ4v) is 3.36. The average molecular weight is 389 g/mol. The second kappa shape index (κ2) is 7.77. The second-order valence-electron chi connectivity index (χ2n) is 6.03. The van der Waals surface area contributed by atoms with Crippen LogP contribution in [-0.4, -0.2) is 47.0 Å². The molecule has 0 spiro atoms. The van der Waals surface area contributed by atoms with Crippen LogP contribution >= 0.6 is 15.9 Å². The van der Waals surface area contributed by atoms with Gasteiger partial charge in [0.2, 0.25) is 0 Å². The van der Waals surface area contributed by atoms with Crippen LogP contribution in [0.3, 0.4) is 0 Å². The minimum atomic E-state index is -0.0388. The molecule has 126 valence electrons. The number of urea groups is 1. The van der Waals surface area contributed by atoms with Crippen molar-refractivity contribution in [3.63, 3.8) is 0 Å². The highest BCUT2D eigenvalue weighted by Crippen LogP contribution is 2.23. The minimum Gasteiger partial charge on any atom is -0.322 e. The first-order valence-corrected chi connectivity index (χ1v) is 8.84. The van der Waals surface area contributed by atoms with Gasteiger partial charge < -0.3 is 10.2 Å². The summed E-state index contributed by atoms with van der Waals surface area (Å²) in [5, 5.41) is 2.98. The fraction of sp³-hybridized carbons (Fsp3) is 0.333. The van der Waals surface area contributed by atoms with E-state index in [1.165, 1.54) is 5.56 Å². The molecule has 3 rings (SSSR count). The van der Waals surface area contributed by atoms with Crippen LogP contribution in [-0.2, 0) is 6.54 Å². The number of nitrogens with one attached hydrogen (secondary N) is 1. The number of aromatic nitrogens is 1. The van der Waals surface area contributed by atoms with Crippen molar-refractivity contribution in [2.24, 2.45) is 0 Å². The number of carbonyl (C=O) groups excluding carboxylic acids is 1. The summed E-state index contributed by atoms with van der Waals surface area (Å²) in [5.41, 5.74) is 3.22. The quantitative estimate of drug-likeness (QED) is 0.874. The van der Waals surface area contributed by atoms with Crippen LogP contribution in [0.2, 0.25) is 0 Å². The fourth-order valence-electron chi connectivity index (χ4n) is 2.77. The molecule has 0 radical (unpaired) electrons. The molecule has 2 amide bonds. The van der Waals surface area contributed by atoms with E-state index in [0.29, 0.717) is 0 Å². The summed E-state index contributed by atoms with van der Waals surface area (Å²) in [7, 11) is 0. The molecule has 2 aromatic rings. The van der Waals surface area contributed by atoms with Gasteiger partial charge in [0.1, 0.15) is 0 Å². The number of nitrogens with zero attached hydrogens (tertiary/aromatic N) is 3. The molecule has 0 atom stereocenters. The number of pyridine rings is 1. The Hall–Kier alpha value is -1.92. The van der Waals surface area contributed by atoms with Gasteiger partial charge in [-0.15, -0.1) is 0 Å². The third-order valence-electron chi connectivity index (χ3n) is 4.18. The lowest BCUT2D eigenvalue weighted by molar-refractivity contribution is 0.143. The van der Waals surface area contributed by atoms with Crippen molar-refractivity contribution < 1.29 is 4.79 Å². The maximum Gasteiger partial charge on any atom is 0.321 e. The normalized spacial score (nSPS) is 15.3. The topological polar surface area (TPSA) is 48.5 Å². The first-order chi connectivity index (χ1) is 11.6. The molecule has 0 bridgehead atoms. The van der Waals surface area contributed by atoms with E-state index in [2.05, 4.69) is 31.1 Å². The summed E-state index contributed by atoms with van der Waals surface area (Å²) in [4.78, 5) is 20.7. The van der Waals surface area contributed by atoms with Gasteiger partial charge in [-0.3, -0.25) is 9.88 Å². The lowest BCUT2D eigenvalue weighted by Gasteiger charge is -2.34. The zero-order valence-corrected chi connectivity index (χ0v) is 15.3. The summed E-state index contributed by atoms with van der Waals surface area (Å²) in [6.07, 6.45) is 3.64. The number of amides is 2. The van der Waals surface area contributed by atoms with Crippen LogP contribution in [0.25, 0.3) is 0 Å². The van der Waals surface area contributed by atoms with Crippen molar-refractivity contribution in [2.75, 3.05) is 31.5 Å². The van der Waals surface area contributed by atoms with Gasteiger partial charge in [0.05, 0.1) is 5.69 Å². The van der Waals surface area contributed by atoms with Crippen molar-refractivity contribution >= 4 is 27.6 Å². The summed E-state index contributed by atoms with van der Waals surface area (Å²) in [5.74, 6) is 0. The average Bonchev–Trinajstić information content (AvgIpc) is 2.59. The van der Waals surface area contributed by atoms with E-state index in [1.54, 1.807) is 0 Å². The molecule has 2 heterocycles. The summed E-state index contributed by atoms with van der Waals surface area (Å²) >= 11 is 3.50. The van der Waals surface area contributed by atoms with E-state index in [4.69, 9.17) is 0 Å². The molecule has 24 heavy (non-hydrogen) atoms. The van der Waals surface area contributed by atoms with Crippen LogP contribution in [0.15, 0.2) is 47.2 Å². The number of hydrogen-bond acceptors (Lipinski definition) is 3. The van der Waals surface area contributed by atoms with E-state index < -0.39 is 0 Å². The SMILES string of the molecule is Cc1ccc(NC(=O)N2CCN(Cc3ccncc3)CC2)c(Br)c1. The maximum absolute atomic E-state index is 12.4. The Balaban J connectivity index is 1.51. The van der Waals surface area contributed by atoms with Gasteiger partial charge in [0.15, 0.2) is 0 Å².